The maximum Gasteiger partial charge on any atom is 0.303 e. The first-order valence-corrected chi connectivity index (χ1v) is 10.3. The van der Waals surface area contributed by atoms with Gasteiger partial charge < -0.3 is 23.3 Å². The molecule has 0 aliphatic rings. The summed E-state index contributed by atoms with van der Waals surface area (Å²) in [5, 5.41) is 8.77. The molecule has 0 bridgehead atoms. The van der Waals surface area contributed by atoms with Crippen LogP contribution in [0.15, 0.2) is 0 Å². The lowest BCUT2D eigenvalue weighted by Gasteiger charge is -2.36. The number of carbonyl (C=O) groups excluding carboxylic acids is 2. The smallest absolute Gasteiger partial charge is 0.303 e. The SMILES string of the molecule is COCC(OC(C)=O)C(COP(OCCC#N)N(C(C)C)C(C)C)OC(C)=O. The van der Waals surface area contributed by atoms with Crippen LogP contribution in [-0.4, -0.2) is 67.8 Å². The fourth-order valence-corrected chi connectivity index (χ4v) is 4.09. The average Bonchev–Trinajstić information content (AvgIpc) is 2.56. The van der Waals surface area contributed by atoms with Crippen LogP contribution in [-0.2, 0) is 32.8 Å². The van der Waals surface area contributed by atoms with E-state index in [2.05, 4.69) is 4.67 Å². The minimum atomic E-state index is -1.52. The Morgan fingerprint density at radius 3 is 1.86 bits per heavy atom. The first kappa shape index (κ1) is 26.7. The van der Waals surface area contributed by atoms with Crippen molar-refractivity contribution in [2.24, 2.45) is 0 Å². The average molecular weight is 420 g/mol. The van der Waals surface area contributed by atoms with Crippen LogP contribution in [0.1, 0.15) is 48.0 Å². The second-order valence-corrected chi connectivity index (χ2v) is 8.05. The molecular weight excluding hydrogens is 387 g/mol. The van der Waals surface area contributed by atoms with Gasteiger partial charge in [-0.3, -0.25) is 9.59 Å². The lowest BCUT2D eigenvalue weighted by molar-refractivity contribution is -0.171. The molecule has 0 aliphatic carbocycles. The van der Waals surface area contributed by atoms with E-state index in [1.807, 2.05) is 33.8 Å². The third-order valence-corrected chi connectivity index (χ3v) is 5.47. The fourth-order valence-electron chi connectivity index (χ4n) is 2.48. The van der Waals surface area contributed by atoms with Crippen molar-refractivity contribution in [3.8, 4) is 6.07 Å². The first-order valence-electron chi connectivity index (χ1n) is 9.18. The molecule has 0 saturated heterocycles. The molecule has 0 saturated carbocycles. The van der Waals surface area contributed by atoms with E-state index < -0.39 is 32.7 Å². The molecule has 0 fully saturated rings. The summed E-state index contributed by atoms with van der Waals surface area (Å²) in [4.78, 5) is 22.9. The molecule has 3 unspecified atom stereocenters. The van der Waals surface area contributed by atoms with Crippen molar-refractivity contribution in [2.45, 2.75) is 72.3 Å². The minimum absolute atomic E-state index is 0.0465. The highest BCUT2D eigenvalue weighted by atomic mass is 31.2. The lowest BCUT2D eigenvalue weighted by atomic mass is 10.2. The summed E-state index contributed by atoms with van der Waals surface area (Å²) in [6.45, 7) is 10.8. The van der Waals surface area contributed by atoms with Crippen molar-refractivity contribution in [1.29, 1.82) is 5.26 Å². The predicted octanol–water partition coefficient (Wildman–Crippen LogP) is 2.79. The Labute approximate surface area is 169 Å². The van der Waals surface area contributed by atoms with Crippen molar-refractivity contribution in [2.75, 3.05) is 26.9 Å². The minimum Gasteiger partial charge on any atom is -0.456 e. The molecule has 10 heteroatoms. The van der Waals surface area contributed by atoms with E-state index in [1.165, 1.54) is 21.0 Å². The van der Waals surface area contributed by atoms with Gasteiger partial charge >= 0.3 is 11.9 Å². The van der Waals surface area contributed by atoms with Crippen LogP contribution in [0.3, 0.4) is 0 Å². The zero-order valence-corrected chi connectivity index (χ0v) is 18.7. The van der Waals surface area contributed by atoms with Gasteiger partial charge in [0.15, 0.2) is 12.2 Å². The van der Waals surface area contributed by atoms with Crippen LogP contribution in [0, 0.1) is 11.3 Å². The summed E-state index contributed by atoms with van der Waals surface area (Å²) < 4.78 is 29.5. The quantitative estimate of drug-likeness (QED) is 0.238. The molecular formula is C18H33N2O7P. The Morgan fingerprint density at radius 2 is 1.46 bits per heavy atom. The Morgan fingerprint density at radius 1 is 0.964 bits per heavy atom. The van der Waals surface area contributed by atoms with Crippen molar-refractivity contribution in [1.82, 2.24) is 4.67 Å². The number of rotatable bonds is 14. The van der Waals surface area contributed by atoms with E-state index in [1.54, 1.807) is 0 Å². The summed E-state index contributed by atoms with van der Waals surface area (Å²) in [6.07, 6.45) is -1.43. The first-order chi connectivity index (χ1) is 13.1. The standard InChI is InChI=1S/C18H33N2O7P/c1-13(2)20(14(3)4)28(24-10-8-9-19)25-12-18(27-16(6)22)17(11-23-7)26-15(5)21/h13-14,17-18H,8,10-12H2,1-7H3. The van der Waals surface area contributed by atoms with Crippen molar-refractivity contribution < 1.29 is 32.8 Å². The number of hydrogen-bond acceptors (Lipinski definition) is 9. The number of hydrogen-bond donors (Lipinski definition) is 0. The second kappa shape index (κ2) is 14.7. The summed E-state index contributed by atoms with van der Waals surface area (Å²) in [7, 11) is -0.0592. The molecule has 0 N–H and O–H groups in total. The van der Waals surface area contributed by atoms with Crippen molar-refractivity contribution in [3.05, 3.63) is 0 Å². The van der Waals surface area contributed by atoms with E-state index in [-0.39, 0.29) is 38.3 Å². The highest BCUT2D eigenvalue weighted by Gasteiger charge is 2.32. The fraction of sp³-hybridized carbons (Fsp3) is 0.833. The van der Waals surface area contributed by atoms with Gasteiger partial charge in [-0.1, -0.05) is 0 Å². The van der Waals surface area contributed by atoms with E-state index in [9.17, 15) is 9.59 Å². The van der Waals surface area contributed by atoms with Crippen LogP contribution < -0.4 is 0 Å². The Kier molecular flexibility index (Phi) is 14.0. The number of carbonyl (C=O) groups is 2. The van der Waals surface area contributed by atoms with Crippen molar-refractivity contribution >= 4 is 20.5 Å². The van der Waals surface area contributed by atoms with E-state index in [0.29, 0.717) is 0 Å². The number of nitriles is 1. The highest BCUT2D eigenvalue weighted by Crippen LogP contribution is 2.46. The van der Waals surface area contributed by atoms with Crippen LogP contribution in [0.4, 0.5) is 0 Å². The van der Waals surface area contributed by atoms with Crippen LogP contribution in [0.2, 0.25) is 0 Å². The molecule has 0 heterocycles. The number of methoxy groups -OCH3 is 1. The van der Waals surface area contributed by atoms with E-state index in [4.69, 9.17) is 28.5 Å². The van der Waals surface area contributed by atoms with Gasteiger partial charge in [0, 0.05) is 33.0 Å². The maximum atomic E-state index is 11.5. The van der Waals surface area contributed by atoms with Crippen LogP contribution in [0.25, 0.3) is 0 Å². The molecule has 0 spiro atoms. The number of esters is 2. The highest BCUT2D eigenvalue weighted by molar-refractivity contribution is 7.44. The largest absolute Gasteiger partial charge is 0.456 e. The Hall–Kier alpha value is -1.30. The molecule has 9 nitrogen and oxygen atoms in total. The predicted molar refractivity (Wildman–Crippen MR) is 104 cm³/mol. The molecule has 0 aliphatic heterocycles. The third-order valence-electron chi connectivity index (χ3n) is 3.39. The van der Waals surface area contributed by atoms with E-state index >= 15 is 0 Å². The summed E-state index contributed by atoms with van der Waals surface area (Å²) in [5.74, 6) is -1.04. The molecule has 162 valence electrons. The van der Waals surface area contributed by atoms with Gasteiger partial charge in [0.05, 0.1) is 32.3 Å². The normalized spacial score (nSPS) is 14.6. The van der Waals surface area contributed by atoms with Gasteiger partial charge in [0.2, 0.25) is 0 Å². The molecule has 0 aromatic rings. The molecule has 0 amide bonds. The summed E-state index contributed by atoms with van der Waals surface area (Å²) >= 11 is 0. The molecule has 0 radical (unpaired) electrons. The van der Waals surface area contributed by atoms with Gasteiger partial charge in [-0.05, 0) is 27.7 Å². The monoisotopic (exact) mass is 420 g/mol. The number of ether oxygens (including phenoxy) is 3. The molecule has 0 aromatic heterocycles. The second-order valence-electron chi connectivity index (χ2n) is 6.59. The zero-order valence-electron chi connectivity index (χ0n) is 17.8. The topological polar surface area (TPSA) is 107 Å². The molecule has 28 heavy (non-hydrogen) atoms. The molecule has 3 atom stereocenters. The Balaban J connectivity index is 5.37. The maximum absolute atomic E-state index is 11.5. The number of nitrogens with zero attached hydrogens (tertiary/aromatic N) is 2. The zero-order chi connectivity index (χ0) is 21.7. The molecule has 0 rings (SSSR count). The van der Waals surface area contributed by atoms with Gasteiger partial charge in [0.25, 0.3) is 8.53 Å². The molecule has 0 aromatic carbocycles. The van der Waals surface area contributed by atoms with Crippen molar-refractivity contribution in [3.63, 3.8) is 0 Å². The summed E-state index contributed by atoms with van der Waals surface area (Å²) in [6, 6.07) is 2.29. The lowest BCUT2D eigenvalue weighted by Crippen LogP contribution is -2.41. The summed E-state index contributed by atoms with van der Waals surface area (Å²) in [5.41, 5.74) is 0. The van der Waals surface area contributed by atoms with Crippen LogP contribution in [0.5, 0.6) is 0 Å². The van der Waals surface area contributed by atoms with Gasteiger partial charge in [-0.15, -0.1) is 0 Å². The van der Waals surface area contributed by atoms with Gasteiger partial charge in [0.1, 0.15) is 0 Å². The van der Waals surface area contributed by atoms with E-state index in [0.717, 1.165) is 0 Å². The van der Waals surface area contributed by atoms with Gasteiger partial charge in [-0.2, -0.15) is 5.26 Å². The Bertz CT molecular complexity index is 503. The van der Waals surface area contributed by atoms with Crippen LogP contribution >= 0.6 is 8.53 Å². The third kappa shape index (κ3) is 10.9. The van der Waals surface area contributed by atoms with Gasteiger partial charge in [-0.25, -0.2) is 4.67 Å².